The summed E-state index contributed by atoms with van der Waals surface area (Å²) in [7, 11) is 0. The summed E-state index contributed by atoms with van der Waals surface area (Å²) in [5.41, 5.74) is 2.01. The van der Waals surface area contributed by atoms with Crippen molar-refractivity contribution in [3.63, 3.8) is 0 Å². The molecule has 0 aliphatic rings. The second kappa shape index (κ2) is 6.17. The summed E-state index contributed by atoms with van der Waals surface area (Å²) in [6.07, 6.45) is 4.49. The average Bonchev–Trinajstić information content (AvgIpc) is 2.83. The second-order valence-corrected chi connectivity index (χ2v) is 4.38. The van der Waals surface area contributed by atoms with Crippen LogP contribution in [-0.2, 0) is 6.54 Å². The van der Waals surface area contributed by atoms with Crippen LogP contribution in [0, 0.1) is 5.41 Å². The van der Waals surface area contributed by atoms with E-state index >= 15 is 0 Å². The molecule has 19 heavy (non-hydrogen) atoms. The molecule has 1 heterocycles. The van der Waals surface area contributed by atoms with Gasteiger partial charge in [-0.25, -0.2) is 5.84 Å². The zero-order valence-corrected chi connectivity index (χ0v) is 11.0. The SMILES string of the molecule is N=CN(N)N=Cc1cccn1Cc1cccc(Cl)c1. The minimum Gasteiger partial charge on any atom is -0.342 e. The Morgan fingerprint density at radius 3 is 2.95 bits per heavy atom. The minimum atomic E-state index is 0.698. The molecule has 0 saturated heterocycles. The second-order valence-electron chi connectivity index (χ2n) is 3.94. The molecule has 5 nitrogen and oxygen atoms in total. The summed E-state index contributed by atoms with van der Waals surface area (Å²) in [5.74, 6) is 5.38. The van der Waals surface area contributed by atoms with Crippen LogP contribution in [0.5, 0.6) is 0 Å². The van der Waals surface area contributed by atoms with Crippen LogP contribution in [0.15, 0.2) is 47.7 Å². The molecular formula is C13H14ClN5. The molecule has 0 spiro atoms. The Labute approximate surface area is 116 Å². The van der Waals surface area contributed by atoms with E-state index in [4.69, 9.17) is 22.9 Å². The van der Waals surface area contributed by atoms with E-state index in [0.29, 0.717) is 6.54 Å². The van der Waals surface area contributed by atoms with Gasteiger partial charge < -0.3 is 4.57 Å². The first-order valence-corrected chi connectivity index (χ1v) is 6.05. The number of hydrogen-bond acceptors (Lipinski definition) is 3. The minimum absolute atomic E-state index is 0.698. The van der Waals surface area contributed by atoms with Gasteiger partial charge >= 0.3 is 0 Å². The summed E-state index contributed by atoms with van der Waals surface area (Å²) in [6, 6.07) is 11.6. The summed E-state index contributed by atoms with van der Waals surface area (Å²) in [5, 5.41) is 12.5. The Balaban J connectivity index is 2.16. The molecule has 0 amide bonds. The molecule has 0 fully saturated rings. The van der Waals surface area contributed by atoms with E-state index in [1.165, 1.54) is 0 Å². The van der Waals surface area contributed by atoms with Crippen LogP contribution in [0.3, 0.4) is 0 Å². The number of nitrogens with zero attached hydrogens (tertiary/aromatic N) is 3. The Kier molecular flexibility index (Phi) is 4.33. The topological polar surface area (TPSA) is 70.4 Å². The Bertz CT molecular complexity index is 590. The van der Waals surface area contributed by atoms with Gasteiger partial charge in [0.05, 0.1) is 11.9 Å². The molecular weight excluding hydrogens is 262 g/mol. The zero-order chi connectivity index (χ0) is 13.7. The number of nitrogens with two attached hydrogens (primary N) is 1. The third-order valence-electron chi connectivity index (χ3n) is 2.56. The smallest absolute Gasteiger partial charge is 0.121 e. The van der Waals surface area contributed by atoms with Crippen LogP contribution in [0.2, 0.25) is 5.02 Å². The van der Waals surface area contributed by atoms with Gasteiger partial charge in [0.2, 0.25) is 0 Å². The van der Waals surface area contributed by atoms with Crippen molar-refractivity contribution in [1.29, 1.82) is 5.41 Å². The zero-order valence-electron chi connectivity index (χ0n) is 10.2. The van der Waals surface area contributed by atoms with Gasteiger partial charge in [-0.05, 0) is 29.8 Å². The molecule has 98 valence electrons. The Morgan fingerprint density at radius 2 is 2.21 bits per heavy atom. The number of nitrogens with one attached hydrogen (secondary N) is 1. The predicted octanol–water partition coefficient (Wildman–Crippen LogP) is 2.31. The van der Waals surface area contributed by atoms with E-state index in [9.17, 15) is 0 Å². The molecule has 1 aromatic carbocycles. The largest absolute Gasteiger partial charge is 0.342 e. The Morgan fingerprint density at radius 1 is 1.37 bits per heavy atom. The molecule has 0 aliphatic heterocycles. The van der Waals surface area contributed by atoms with Gasteiger partial charge in [-0.3, -0.25) is 5.41 Å². The van der Waals surface area contributed by atoms with Crippen LogP contribution in [-0.4, -0.2) is 22.2 Å². The van der Waals surface area contributed by atoms with Crippen molar-refractivity contribution in [3.8, 4) is 0 Å². The van der Waals surface area contributed by atoms with Crippen LogP contribution >= 0.6 is 11.6 Å². The fourth-order valence-electron chi connectivity index (χ4n) is 1.68. The molecule has 0 bridgehead atoms. The molecule has 0 radical (unpaired) electrons. The maximum absolute atomic E-state index is 6.93. The van der Waals surface area contributed by atoms with Gasteiger partial charge in [0.25, 0.3) is 0 Å². The lowest BCUT2D eigenvalue weighted by Gasteiger charge is -2.07. The number of benzene rings is 1. The quantitative estimate of drug-likeness (QED) is 0.380. The molecule has 0 saturated carbocycles. The lowest BCUT2D eigenvalue weighted by atomic mass is 10.2. The van der Waals surface area contributed by atoms with Crippen LogP contribution in [0.25, 0.3) is 0 Å². The highest BCUT2D eigenvalue weighted by molar-refractivity contribution is 6.30. The monoisotopic (exact) mass is 275 g/mol. The standard InChI is InChI=1S/C13H14ClN5/c14-12-4-1-3-11(7-12)9-18-6-2-5-13(18)8-17-19(16)10-15/h1-8,10,15H,9,16H2. The van der Waals surface area contributed by atoms with Crippen molar-refractivity contribution in [2.75, 3.05) is 0 Å². The normalized spacial score (nSPS) is 10.8. The number of rotatable bonds is 5. The molecule has 0 unspecified atom stereocenters. The third kappa shape index (κ3) is 3.67. The highest BCUT2D eigenvalue weighted by Crippen LogP contribution is 2.13. The van der Waals surface area contributed by atoms with Crippen molar-refractivity contribution in [3.05, 3.63) is 58.9 Å². The third-order valence-corrected chi connectivity index (χ3v) is 2.80. The van der Waals surface area contributed by atoms with Gasteiger partial charge in [-0.15, -0.1) is 0 Å². The molecule has 2 rings (SSSR count). The summed E-state index contributed by atoms with van der Waals surface area (Å²) in [4.78, 5) is 0. The van der Waals surface area contributed by atoms with Crippen molar-refractivity contribution >= 4 is 24.2 Å². The van der Waals surface area contributed by atoms with Gasteiger partial charge in [0.1, 0.15) is 6.34 Å². The lowest BCUT2D eigenvalue weighted by Crippen LogP contribution is -2.22. The van der Waals surface area contributed by atoms with E-state index in [1.807, 2.05) is 47.2 Å². The molecule has 2 aromatic rings. The van der Waals surface area contributed by atoms with Gasteiger partial charge in [0, 0.05) is 17.8 Å². The van der Waals surface area contributed by atoms with E-state index < -0.39 is 0 Å². The van der Waals surface area contributed by atoms with Gasteiger partial charge in [0.15, 0.2) is 0 Å². The first kappa shape index (κ1) is 13.3. The molecule has 0 aliphatic carbocycles. The number of hydrazone groups is 1. The number of aromatic nitrogens is 1. The van der Waals surface area contributed by atoms with Crippen molar-refractivity contribution < 1.29 is 0 Å². The van der Waals surface area contributed by atoms with E-state index in [0.717, 1.165) is 27.7 Å². The summed E-state index contributed by atoms with van der Waals surface area (Å²) in [6.45, 7) is 0.698. The van der Waals surface area contributed by atoms with Gasteiger partial charge in [-0.1, -0.05) is 23.7 Å². The number of hydrazine groups is 1. The van der Waals surface area contributed by atoms with Crippen LogP contribution < -0.4 is 5.84 Å². The highest BCUT2D eigenvalue weighted by atomic mass is 35.5. The first-order valence-electron chi connectivity index (χ1n) is 5.67. The van der Waals surface area contributed by atoms with Crippen molar-refractivity contribution in [2.24, 2.45) is 10.9 Å². The maximum atomic E-state index is 6.93. The van der Waals surface area contributed by atoms with Crippen LogP contribution in [0.1, 0.15) is 11.3 Å². The van der Waals surface area contributed by atoms with Gasteiger partial charge in [-0.2, -0.15) is 10.2 Å². The maximum Gasteiger partial charge on any atom is 0.121 e. The van der Waals surface area contributed by atoms with E-state index in [-0.39, 0.29) is 0 Å². The fraction of sp³-hybridized carbons (Fsp3) is 0.0769. The Hall–Kier alpha value is -2.11. The van der Waals surface area contributed by atoms with E-state index in [2.05, 4.69) is 5.10 Å². The van der Waals surface area contributed by atoms with E-state index in [1.54, 1.807) is 6.21 Å². The number of halogens is 1. The number of hydrogen-bond donors (Lipinski definition) is 2. The summed E-state index contributed by atoms with van der Waals surface area (Å²) >= 11 is 5.96. The first-order chi connectivity index (χ1) is 9.19. The molecule has 3 N–H and O–H groups in total. The summed E-state index contributed by atoms with van der Waals surface area (Å²) < 4.78 is 2.02. The molecule has 6 heteroatoms. The molecule has 1 aromatic heterocycles. The highest BCUT2D eigenvalue weighted by Gasteiger charge is 2.00. The van der Waals surface area contributed by atoms with Crippen molar-refractivity contribution in [2.45, 2.75) is 6.54 Å². The average molecular weight is 276 g/mol. The predicted molar refractivity (Wildman–Crippen MR) is 77.4 cm³/mol. The molecule has 0 atom stereocenters. The lowest BCUT2D eigenvalue weighted by molar-refractivity contribution is 0.485. The fourth-order valence-corrected chi connectivity index (χ4v) is 1.89. The van der Waals surface area contributed by atoms with Crippen LogP contribution in [0.4, 0.5) is 0 Å². The van der Waals surface area contributed by atoms with Crippen molar-refractivity contribution in [1.82, 2.24) is 9.69 Å².